The predicted molar refractivity (Wildman–Crippen MR) is 109 cm³/mol. The van der Waals surface area contributed by atoms with E-state index in [9.17, 15) is 19.7 Å². The fourth-order valence-corrected chi connectivity index (χ4v) is 4.86. The van der Waals surface area contributed by atoms with E-state index in [1.807, 2.05) is 4.90 Å². The number of hydrogen-bond donors (Lipinski definition) is 0. The van der Waals surface area contributed by atoms with Crippen LogP contribution in [0.1, 0.15) is 74.6 Å². The Morgan fingerprint density at radius 1 is 0.966 bits per heavy atom. The van der Waals surface area contributed by atoms with Crippen LogP contribution in [0.25, 0.3) is 11.0 Å². The summed E-state index contributed by atoms with van der Waals surface area (Å²) < 4.78 is 5.35. The third-order valence-corrected chi connectivity index (χ3v) is 6.33. The summed E-state index contributed by atoms with van der Waals surface area (Å²) in [5, 5.41) is 11.5. The molecule has 1 amide bonds. The molecule has 0 spiro atoms. The number of hydrogen-bond acceptors (Lipinski definition) is 5. The first-order valence-corrected chi connectivity index (χ1v) is 10.6. The Kier molecular flexibility index (Phi) is 5.65. The van der Waals surface area contributed by atoms with Crippen molar-refractivity contribution < 1.29 is 14.1 Å². The number of benzene rings is 1. The first-order valence-electron chi connectivity index (χ1n) is 10.6. The van der Waals surface area contributed by atoms with Crippen LogP contribution in [-0.2, 0) is 0 Å². The second-order valence-electron chi connectivity index (χ2n) is 8.22. The van der Waals surface area contributed by atoms with Gasteiger partial charge in [-0.3, -0.25) is 14.9 Å². The predicted octanol–water partition coefficient (Wildman–Crippen LogP) is 4.81. The summed E-state index contributed by atoms with van der Waals surface area (Å²) in [6.45, 7) is 0. The third-order valence-electron chi connectivity index (χ3n) is 6.33. The van der Waals surface area contributed by atoms with E-state index in [0.29, 0.717) is 5.39 Å². The first kappa shape index (κ1) is 19.6. The van der Waals surface area contributed by atoms with Gasteiger partial charge >= 0.3 is 5.63 Å². The van der Waals surface area contributed by atoms with Gasteiger partial charge in [-0.15, -0.1) is 0 Å². The van der Waals surface area contributed by atoms with Crippen LogP contribution in [-0.4, -0.2) is 27.8 Å². The maximum Gasteiger partial charge on any atom is 0.349 e. The summed E-state index contributed by atoms with van der Waals surface area (Å²) in [6, 6.07) is 5.82. The number of nitrogens with zero attached hydrogens (tertiary/aromatic N) is 2. The molecule has 0 radical (unpaired) electrons. The van der Waals surface area contributed by atoms with Gasteiger partial charge in [-0.2, -0.15) is 0 Å². The molecule has 2 fully saturated rings. The van der Waals surface area contributed by atoms with Gasteiger partial charge in [0.2, 0.25) is 0 Å². The van der Waals surface area contributed by atoms with Crippen molar-refractivity contribution >= 4 is 22.6 Å². The number of carbonyl (C=O) groups is 1. The van der Waals surface area contributed by atoms with Crippen molar-refractivity contribution in [2.45, 2.75) is 76.3 Å². The lowest BCUT2D eigenvalue weighted by Gasteiger charge is -2.41. The number of fused-ring (bicyclic) bond motifs is 1. The second kappa shape index (κ2) is 8.35. The van der Waals surface area contributed by atoms with Gasteiger partial charge in [-0.05, 0) is 37.8 Å². The highest BCUT2D eigenvalue weighted by molar-refractivity contribution is 5.97. The van der Waals surface area contributed by atoms with Crippen molar-refractivity contribution in [3.63, 3.8) is 0 Å². The van der Waals surface area contributed by atoms with E-state index in [0.717, 1.165) is 51.4 Å². The van der Waals surface area contributed by atoms with Crippen LogP contribution in [0.15, 0.2) is 33.5 Å². The fourth-order valence-electron chi connectivity index (χ4n) is 4.86. The minimum Gasteiger partial charge on any atom is -0.422 e. The molecule has 1 aromatic carbocycles. The molecule has 0 N–H and O–H groups in total. The van der Waals surface area contributed by atoms with Crippen LogP contribution in [0, 0.1) is 10.1 Å². The molecule has 2 aliphatic carbocycles. The van der Waals surface area contributed by atoms with Gasteiger partial charge in [-0.1, -0.05) is 38.5 Å². The molecule has 4 rings (SSSR count). The van der Waals surface area contributed by atoms with Crippen molar-refractivity contribution in [1.29, 1.82) is 0 Å². The van der Waals surface area contributed by atoms with Crippen LogP contribution in [0.4, 0.5) is 5.69 Å². The zero-order chi connectivity index (χ0) is 20.4. The fraction of sp³-hybridized carbons (Fsp3) is 0.545. The largest absolute Gasteiger partial charge is 0.422 e. The number of rotatable bonds is 4. The molecular weight excluding hydrogens is 372 g/mol. The van der Waals surface area contributed by atoms with Crippen molar-refractivity contribution in [1.82, 2.24) is 4.90 Å². The van der Waals surface area contributed by atoms with E-state index in [2.05, 4.69) is 0 Å². The van der Waals surface area contributed by atoms with E-state index in [1.54, 1.807) is 0 Å². The van der Waals surface area contributed by atoms with Gasteiger partial charge < -0.3 is 9.32 Å². The molecule has 0 unspecified atom stereocenters. The van der Waals surface area contributed by atoms with Crippen LogP contribution < -0.4 is 5.63 Å². The Hall–Kier alpha value is -2.70. The molecule has 2 aliphatic rings. The molecule has 2 aromatic rings. The van der Waals surface area contributed by atoms with Crippen molar-refractivity contribution in [2.75, 3.05) is 0 Å². The average Bonchev–Trinajstić information content (AvgIpc) is 2.74. The summed E-state index contributed by atoms with van der Waals surface area (Å²) >= 11 is 0. The SMILES string of the molecule is O=C(c1cc2cc([N+](=O)[O-])ccc2oc1=O)N(C1CCCCC1)C1CCCCC1. The number of nitro benzene ring substituents is 1. The Morgan fingerprint density at radius 3 is 2.10 bits per heavy atom. The van der Waals surface area contributed by atoms with E-state index in [-0.39, 0.29) is 34.8 Å². The standard InChI is InChI=1S/C22H26N2O5/c25-21(23(16-7-3-1-4-8-16)17-9-5-2-6-10-17)19-14-15-13-18(24(27)28)11-12-20(15)29-22(19)26/h11-14,16-17H,1-10H2. The minimum atomic E-state index is -0.673. The van der Waals surface area contributed by atoms with Crippen molar-refractivity contribution in [3.8, 4) is 0 Å². The van der Waals surface area contributed by atoms with Crippen molar-refractivity contribution in [2.24, 2.45) is 0 Å². The maximum atomic E-state index is 13.6. The monoisotopic (exact) mass is 398 g/mol. The molecule has 7 nitrogen and oxygen atoms in total. The zero-order valence-electron chi connectivity index (χ0n) is 16.5. The molecule has 0 saturated heterocycles. The number of amides is 1. The molecule has 2 saturated carbocycles. The first-order chi connectivity index (χ1) is 14.0. The van der Waals surface area contributed by atoms with Gasteiger partial charge in [0.05, 0.1) is 4.92 Å². The molecule has 154 valence electrons. The third kappa shape index (κ3) is 4.04. The topological polar surface area (TPSA) is 93.7 Å². The molecule has 0 bridgehead atoms. The number of nitro groups is 1. The molecule has 29 heavy (non-hydrogen) atoms. The van der Waals surface area contributed by atoms with Crippen LogP contribution >= 0.6 is 0 Å². The van der Waals surface area contributed by atoms with Crippen LogP contribution in [0.3, 0.4) is 0 Å². The number of non-ortho nitro benzene ring substituents is 1. The molecule has 1 heterocycles. The smallest absolute Gasteiger partial charge is 0.349 e. The summed E-state index contributed by atoms with van der Waals surface area (Å²) in [5.41, 5.74) is -0.540. The summed E-state index contributed by atoms with van der Waals surface area (Å²) in [6.07, 6.45) is 10.6. The van der Waals surface area contributed by atoms with E-state index in [1.165, 1.54) is 37.1 Å². The van der Waals surface area contributed by atoms with Gasteiger partial charge in [0, 0.05) is 29.6 Å². The van der Waals surface area contributed by atoms with E-state index < -0.39 is 10.5 Å². The normalized spacial score (nSPS) is 18.6. The zero-order valence-corrected chi connectivity index (χ0v) is 16.5. The molecule has 1 aromatic heterocycles. The lowest BCUT2D eigenvalue weighted by atomic mass is 9.88. The maximum absolute atomic E-state index is 13.6. The average molecular weight is 398 g/mol. The molecule has 7 heteroatoms. The summed E-state index contributed by atoms with van der Waals surface area (Å²) in [7, 11) is 0. The Labute approximate surface area is 168 Å². The highest BCUT2D eigenvalue weighted by Gasteiger charge is 2.34. The van der Waals surface area contributed by atoms with Gasteiger partial charge in [0.1, 0.15) is 11.1 Å². The molecule has 0 aliphatic heterocycles. The number of carbonyl (C=O) groups excluding carboxylic acids is 1. The van der Waals surface area contributed by atoms with E-state index in [4.69, 9.17) is 4.42 Å². The van der Waals surface area contributed by atoms with Crippen LogP contribution in [0.5, 0.6) is 0 Å². The molecule has 0 atom stereocenters. The minimum absolute atomic E-state index is 0.0193. The Balaban J connectivity index is 1.73. The van der Waals surface area contributed by atoms with Gasteiger partial charge in [0.25, 0.3) is 11.6 Å². The Morgan fingerprint density at radius 2 is 1.55 bits per heavy atom. The van der Waals surface area contributed by atoms with Crippen LogP contribution in [0.2, 0.25) is 0 Å². The Bertz CT molecular complexity index is 953. The van der Waals surface area contributed by atoms with Crippen molar-refractivity contribution in [3.05, 3.63) is 50.4 Å². The lowest BCUT2D eigenvalue weighted by Crippen LogP contribution is -2.49. The van der Waals surface area contributed by atoms with E-state index >= 15 is 0 Å². The summed E-state index contributed by atoms with van der Waals surface area (Å²) in [5.74, 6) is -0.286. The van der Waals surface area contributed by atoms with Gasteiger partial charge in [-0.25, -0.2) is 4.79 Å². The quantitative estimate of drug-likeness (QED) is 0.418. The highest BCUT2D eigenvalue weighted by atomic mass is 16.6. The summed E-state index contributed by atoms with van der Waals surface area (Å²) in [4.78, 5) is 38.7. The second-order valence-corrected chi connectivity index (χ2v) is 8.22. The lowest BCUT2D eigenvalue weighted by molar-refractivity contribution is -0.384. The molecular formula is C22H26N2O5. The van der Waals surface area contributed by atoms with Gasteiger partial charge in [0.15, 0.2) is 0 Å². The highest BCUT2D eigenvalue weighted by Crippen LogP contribution is 2.31.